The molecule has 0 radical (unpaired) electrons. The minimum atomic E-state index is -4.55. The third-order valence-electron chi connectivity index (χ3n) is 6.27. The molecule has 0 bridgehead atoms. The van der Waals surface area contributed by atoms with Gasteiger partial charge in [0.2, 0.25) is 5.91 Å². The molecule has 4 atom stereocenters. The summed E-state index contributed by atoms with van der Waals surface area (Å²) in [5, 5.41) is 35.4. The number of nitrogens with zero attached hydrogens (tertiary/aromatic N) is 5. The molecule has 3 aromatic rings. The lowest BCUT2D eigenvalue weighted by atomic mass is 10.0. The van der Waals surface area contributed by atoms with Crippen LogP contribution in [0.4, 0.5) is 19.0 Å². The Morgan fingerprint density at radius 3 is 2.64 bits per heavy atom. The van der Waals surface area contributed by atoms with E-state index in [2.05, 4.69) is 30.9 Å². The van der Waals surface area contributed by atoms with E-state index in [4.69, 9.17) is 0 Å². The first kappa shape index (κ1) is 24.7. The van der Waals surface area contributed by atoms with Crippen molar-refractivity contribution in [2.75, 3.05) is 11.9 Å². The van der Waals surface area contributed by atoms with Crippen LogP contribution in [0.15, 0.2) is 34.3 Å². The number of fused-ring (bicyclic) bond motifs is 1. The molecule has 4 unspecified atom stereocenters. The number of rotatable bonds is 7. The number of hydrogen-bond donors (Lipinski definition) is 4. The van der Waals surface area contributed by atoms with E-state index in [0.29, 0.717) is 17.9 Å². The number of nitrogens with one attached hydrogen (secondary N) is 2. The Morgan fingerprint density at radius 1 is 1.19 bits per heavy atom. The van der Waals surface area contributed by atoms with Gasteiger partial charge in [0.15, 0.2) is 22.1 Å². The molecule has 0 aliphatic heterocycles. The first-order valence-electron chi connectivity index (χ1n) is 11.5. The van der Waals surface area contributed by atoms with Crippen LogP contribution in [-0.4, -0.2) is 65.9 Å². The molecule has 0 spiro atoms. The number of benzene rings is 1. The van der Waals surface area contributed by atoms with Gasteiger partial charge in [-0.15, -0.1) is 5.10 Å². The molecule has 5 rings (SSSR count). The van der Waals surface area contributed by atoms with Crippen LogP contribution < -0.4 is 10.6 Å². The van der Waals surface area contributed by atoms with Crippen molar-refractivity contribution in [2.45, 2.75) is 66.7 Å². The Morgan fingerprint density at radius 2 is 1.94 bits per heavy atom. The van der Waals surface area contributed by atoms with Gasteiger partial charge in [-0.1, -0.05) is 17.3 Å². The SMILES string of the molecule is CCNC(=O)C1CC(n2nnc3c(NC4CC4)nc(Sc4ccccc4C(F)(F)F)nc32)C(O)C1O. The van der Waals surface area contributed by atoms with E-state index in [1.807, 2.05) is 0 Å². The summed E-state index contributed by atoms with van der Waals surface area (Å²) in [6, 6.07) is 4.50. The molecule has 14 heteroatoms. The standard InChI is InChI=1S/C22H24F3N7O3S/c1-2-26-20(35)11-9-13(17(34)16(11)33)32-19-15(30-31-32)18(27-10-7-8-10)28-21(29-19)36-14-6-4-3-5-12(14)22(23,24)25/h3-6,10-11,13,16-17,33-34H,2,7-9H2,1H3,(H,26,35)(H,27,28,29). The zero-order valence-electron chi connectivity index (χ0n) is 19.1. The van der Waals surface area contributed by atoms with Crippen molar-refractivity contribution in [1.82, 2.24) is 30.3 Å². The summed E-state index contributed by atoms with van der Waals surface area (Å²) in [5.41, 5.74) is -0.326. The number of aliphatic hydroxyl groups is 2. The lowest BCUT2D eigenvalue weighted by molar-refractivity contribution is -0.139. The molecule has 2 aliphatic rings. The van der Waals surface area contributed by atoms with E-state index >= 15 is 0 Å². The number of halogens is 3. The second kappa shape index (κ2) is 9.48. The smallest absolute Gasteiger partial charge is 0.390 e. The van der Waals surface area contributed by atoms with Crippen LogP contribution in [0.1, 0.15) is 37.8 Å². The molecule has 2 heterocycles. The Labute approximate surface area is 207 Å². The van der Waals surface area contributed by atoms with Gasteiger partial charge >= 0.3 is 6.18 Å². The van der Waals surface area contributed by atoms with Crippen molar-refractivity contribution in [3.8, 4) is 0 Å². The van der Waals surface area contributed by atoms with Crippen molar-refractivity contribution >= 4 is 34.7 Å². The fourth-order valence-corrected chi connectivity index (χ4v) is 5.21. The highest BCUT2D eigenvalue weighted by atomic mass is 32.2. The monoisotopic (exact) mass is 523 g/mol. The Balaban J connectivity index is 1.54. The van der Waals surface area contributed by atoms with Crippen LogP contribution in [0.25, 0.3) is 11.2 Å². The number of hydrogen-bond acceptors (Lipinski definition) is 9. The van der Waals surface area contributed by atoms with Crippen LogP contribution in [-0.2, 0) is 11.0 Å². The number of anilines is 1. The van der Waals surface area contributed by atoms with Crippen molar-refractivity contribution < 1.29 is 28.2 Å². The van der Waals surface area contributed by atoms with Gasteiger partial charge in [-0.3, -0.25) is 4.79 Å². The van der Waals surface area contributed by atoms with Gasteiger partial charge in [-0.25, -0.2) is 14.6 Å². The summed E-state index contributed by atoms with van der Waals surface area (Å²) in [7, 11) is 0. The summed E-state index contributed by atoms with van der Waals surface area (Å²) >= 11 is 0.759. The summed E-state index contributed by atoms with van der Waals surface area (Å²) in [4.78, 5) is 21.2. The number of carbonyl (C=O) groups excluding carboxylic acids is 1. The van der Waals surface area contributed by atoms with Gasteiger partial charge in [-0.2, -0.15) is 13.2 Å². The Kier molecular flexibility index (Phi) is 6.51. The normalized spacial score (nSPS) is 24.3. The van der Waals surface area contributed by atoms with Crippen LogP contribution >= 0.6 is 11.8 Å². The summed E-state index contributed by atoms with van der Waals surface area (Å²) in [5.74, 6) is -0.918. The maximum atomic E-state index is 13.5. The molecule has 10 nitrogen and oxygen atoms in total. The molecule has 36 heavy (non-hydrogen) atoms. The average molecular weight is 524 g/mol. The zero-order chi connectivity index (χ0) is 25.6. The fourth-order valence-electron chi connectivity index (χ4n) is 4.31. The van der Waals surface area contributed by atoms with E-state index in [9.17, 15) is 28.2 Å². The van der Waals surface area contributed by atoms with Crippen molar-refractivity contribution in [1.29, 1.82) is 0 Å². The van der Waals surface area contributed by atoms with Crippen molar-refractivity contribution in [2.24, 2.45) is 5.92 Å². The van der Waals surface area contributed by atoms with Crippen LogP contribution in [0.2, 0.25) is 0 Å². The number of alkyl halides is 3. The quantitative estimate of drug-likeness (QED) is 0.344. The summed E-state index contributed by atoms with van der Waals surface area (Å²) in [6.07, 6.45) is -5.27. The summed E-state index contributed by atoms with van der Waals surface area (Å²) < 4.78 is 42.0. The predicted molar refractivity (Wildman–Crippen MR) is 123 cm³/mol. The fraction of sp³-hybridized carbons (Fsp3) is 0.500. The highest BCUT2D eigenvalue weighted by Crippen LogP contribution is 2.41. The molecule has 2 saturated carbocycles. The summed E-state index contributed by atoms with van der Waals surface area (Å²) in [6.45, 7) is 2.12. The third kappa shape index (κ3) is 4.72. The van der Waals surface area contributed by atoms with E-state index in [1.54, 1.807) is 6.92 Å². The molecular weight excluding hydrogens is 499 g/mol. The number of aliphatic hydroxyl groups excluding tert-OH is 2. The highest BCUT2D eigenvalue weighted by Gasteiger charge is 2.47. The zero-order valence-corrected chi connectivity index (χ0v) is 19.9. The minimum absolute atomic E-state index is 0.0409. The van der Waals surface area contributed by atoms with Gasteiger partial charge in [0.1, 0.15) is 6.10 Å². The van der Waals surface area contributed by atoms with E-state index in [0.717, 1.165) is 30.7 Å². The predicted octanol–water partition coefficient (Wildman–Crippen LogP) is 2.38. The average Bonchev–Trinajstić information content (AvgIpc) is 3.47. The second-order valence-electron chi connectivity index (χ2n) is 8.86. The molecule has 0 saturated heterocycles. The van der Waals surface area contributed by atoms with Crippen molar-refractivity contribution in [3.63, 3.8) is 0 Å². The van der Waals surface area contributed by atoms with Gasteiger partial charge in [0.25, 0.3) is 0 Å². The topological polar surface area (TPSA) is 138 Å². The molecular formula is C22H24F3N7O3S. The van der Waals surface area contributed by atoms with Gasteiger partial charge in [0.05, 0.1) is 23.6 Å². The second-order valence-corrected chi connectivity index (χ2v) is 9.87. The minimum Gasteiger partial charge on any atom is -0.390 e. The molecule has 2 fully saturated rings. The van der Waals surface area contributed by atoms with Gasteiger partial charge < -0.3 is 20.8 Å². The first-order valence-corrected chi connectivity index (χ1v) is 12.4. The molecule has 1 amide bonds. The van der Waals surface area contributed by atoms with E-state index in [-0.39, 0.29) is 34.1 Å². The number of carbonyl (C=O) groups is 1. The third-order valence-corrected chi connectivity index (χ3v) is 7.21. The van der Waals surface area contributed by atoms with Crippen LogP contribution in [0.3, 0.4) is 0 Å². The molecule has 4 N–H and O–H groups in total. The largest absolute Gasteiger partial charge is 0.417 e. The number of amides is 1. The number of aromatic nitrogens is 5. The maximum Gasteiger partial charge on any atom is 0.417 e. The lowest BCUT2D eigenvalue weighted by Crippen LogP contribution is -2.38. The first-order chi connectivity index (χ1) is 17.2. The van der Waals surface area contributed by atoms with Crippen LogP contribution in [0.5, 0.6) is 0 Å². The Bertz CT molecular complexity index is 1280. The molecule has 1 aromatic carbocycles. The van der Waals surface area contributed by atoms with Crippen LogP contribution in [0, 0.1) is 5.92 Å². The Hall–Kier alpha value is -2.97. The molecule has 2 aromatic heterocycles. The van der Waals surface area contributed by atoms with Crippen molar-refractivity contribution in [3.05, 3.63) is 29.8 Å². The van der Waals surface area contributed by atoms with Gasteiger partial charge in [0, 0.05) is 17.5 Å². The maximum absolute atomic E-state index is 13.5. The van der Waals surface area contributed by atoms with E-state index in [1.165, 1.54) is 22.9 Å². The molecule has 192 valence electrons. The molecule has 2 aliphatic carbocycles. The van der Waals surface area contributed by atoms with Gasteiger partial charge in [-0.05, 0) is 50.1 Å². The highest BCUT2D eigenvalue weighted by molar-refractivity contribution is 7.99. The van der Waals surface area contributed by atoms with E-state index < -0.39 is 35.9 Å². The lowest BCUT2D eigenvalue weighted by Gasteiger charge is -2.17.